The van der Waals surface area contributed by atoms with E-state index in [1.807, 2.05) is 55.6 Å². The van der Waals surface area contributed by atoms with Crippen LogP contribution in [0.4, 0.5) is 11.4 Å². The third-order valence-corrected chi connectivity index (χ3v) is 4.40. The fourth-order valence-electron chi connectivity index (χ4n) is 3.15. The fraction of sp³-hybridized carbons (Fsp3) is 0.158. The number of rotatable bonds is 3. The molecule has 2 N–H and O–H groups in total. The van der Waals surface area contributed by atoms with Gasteiger partial charge in [-0.05, 0) is 42.1 Å². The van der Waals surface area contributed by atoms with Crippen molar-refractivity contribution in [1.82, 2.24) is 4.98 Å². The zero-order valence-corrected chi connectivity index (χ0v) is 13.2. The highest BCUT2D eigenvalue weighted by atomic mass is 16.2. The SMILES string of the molecule is Cc1ccccc1N1C(=O)C[C@H](Nc2ccc3cc[nH]c3c2)C1=O. The predicted molar refractivity (Wildman–Crippen MR) is 94.0 cm³/mol. The van der Waals surface area contributed by atoms with E-state index in [0.29, 0.717) is 5.69 Å². The molecular formula is C19H17N3O2. The first kappa shape index (κ1) is 14.5. The standard InChI is InChI=1S/C19H17N3O2/c1-12-4-2-3-5-17(12)22-18(23)11-16(19(22)24)21-14-7-6-13-8-9-20-15(13)10-14/h2-10,16,20-21H,11H2,1H3/t16-/m0/s1. The van der Waals surface area contributed by atoms with Crippen LogP contribution in [0, 0.1) is 6.92 Å². The number of anilines is 2. The van der Waals surface area contributed by atoms with E-state index in [1.54, 1.807) is 6.07 Å². The van der Waals surface area contributed by atoms with E-state index in [0.717, 1.165) is 22.2 Å². The maximum absolute atomic E-state index is 12.7. The second-order valence-corrected chi connectivity index (χ2v) is 6.03. The van der Waals surface area contributed by atoms with Crippen LogP contribution in [0.1, 0.15) is 12.0 Å². The molecule has 2 heterocycles. The van der Waals surface area contributed by atoms with Gasteiger partial charge in [-0.15, -0.1) is 0 Å². The molecule has 1 aliphatic heterocycles. The van der Waals surface area contributed by atoms with Crippen LogP contribution in [0.15, 0.2) is 54.7 Å². The Balaban J connectivity index is 1.60. The van der Waals surface area contributed by atoms with Crippen LogP contribution >= 0.6 is 0 Å². The molecule has 2 aromatic carbocycles. The molecule has 5 nitrogen and oxygen atoms in total. The molecule has 4 rings (SSSR count). The van der Waals surface area contributed by atoms with Crippen molar-refractivity contribution in [3.05, 3.63) is 60.3 Å². The number of hydrogen-bond donors (Lipinski definition) is 2. The summed E-state index contributed by atoms with van der Waals surface area (Å²) in [4.78, 5) is 29.5. The summed E-state index contributed by atoms with van der Waals surface area (Å²) < 4.78 is 0. The first-order valence-electron chi connectivity index (χ1n) is 7.89. The van der Waals surface area contributed by atoms with Gasteiger partial charge in [-0.2, -0.15) is 0 Å². The number of aromatic amines is 1. The summed E-state index contributed by atoms with van der Waals surface area (Å²) in [6, 6.07) is 14.7. The van der Waals surface area contributed by atoms with Crippen molar-refractivity contribution in [2.45, 2.75) is 19.4 Å². The monoisotopic (exact) mass is 319 g/mol. The van der Waals surface area contributed by atoms with Crippen LogP contribution in [0.25, 0.3) is 10.9 Å². The van der Waals surface area contributed by atoms with Gasteiger partial charge in [0.1, 0.15) is 6.04 Å². The maximum Gasteiger partial charge on any atom is 0.256 e. The van der Waals surface area contributed by atoms with Crippen LogP contribution in [-0.2, 0) is 9.59 Å². The van der Waals surface area contributed by atoms with Gasteiger partial charge in [-0.3, -0.25) is 9.59 Å². The Morgan fingerprint density at radius 1 is 1.12 bits per heavy atom. The number of para-hydroxylation sites is 1. The van der Waals surface area contributed by atoms with Gasteiger partial charge in [-0.1, -0.05) is 24.3 Å². The molecule has 24 heavy (non-hydrogen) atoms. The van der Waals surface area contributed by atoms with E-state index in [-0.39, 0.29) is 18.2 Å². The summed E-state index contributed by atoms with van der Waals surface area (Å²) in [6.45, 7) is 1.90. The summed E-state index contributed by atoms with van der Waals surface area (Å²) in [5.41, 5.74) is 3.39. The Bertz CT molecular complexity index is 944. The summed E-state index contributed by atoms with van der Waals surface area (Å²) in [6.07, 6.45) is 2.04. The lowest BCUT2D eigenvalue weighted by molar-refractivity contribution is -0.121. The van der Waals surface area contributed by atoms with Crippen LogP contribution in [-0.4, -0.2) is 22.8 Å². The number of amides is 2. The van der Waals surface area contributed by atoms with Gasteiger partial charge in [-0.25, -0.2) is 4.90 Å². The average molecular weight is 319 g/mol. The minimum Gasteiger partial charge on any atom is -0.373 e. The lowest BCUT2D eigenvalue weighted by atomic mass is 10.2. The molecule has 2 amide bonds. The number of benzene rings is 2. The van der Waals surface area contributed by atoms with Crippen molar-refractivity contribution >= 4 is 34.1 Å². The molecule has 0 bridgehead atoms. The van der Waals surface area contributed by atoms with Gasteiger partial charge in [0.2, 0.25) is 5.91 Å². The number of nitrogens with zero attached hydrogens (tertiary/aromatic N) is 1. The van der Waals surface area contributed by atoms with E-state index in [1.165, 1.54) is 4.90 Å². The molecule has 1 fully saturated rings. The Kier molecular flexibility index (Phi) is 3.34. The molecule has 0 radical (unpaired) electrons. The van der Waals surface area contributed by atoms with Crippen molar-refractivity contribution < 1.29 is 9.59 Å². The molecule has 1 aliphatic rings. The molecule has 3 aromatic rings. The van der Waals surface area contributed by atoms with Crippen molar-refractivity contribution in [3.63, 3.8) is 0 Å². The Morgan fingerprint density at radius 2 is 1.96 bits per heavy atom. The zero-order chi connectivity index (χ0) is 16.7. The van der Waals surface area contributed by atoms with E-state index in [2.05, 4.69) is 10.3 Å². The van der Waals surface area contributed by atoms with Crippen molar-refractivity contribution in [3.8, 4) is 0 Å². The molecule has 1 aromatic heterocycles. The summed E-state index contributed by atoms with van der Waals surface area (Å²) in [5, 5.41) is 4.30. The molecule has 5 heteroatoms. The van der Waals surface area contributed by atoms with E-state index < -0.39 is 6.04 Å². The molecule has 0 spiro atoms. The lowest BCUT2D eigenvalue weighted by Gasteiger charge is -2.18. The first-order chi connectivity index (χ1) is 11.6. The molecule has 0 unspecified atom stereocenters. The van der Waals surface area contributed by atoms with Crippen LogP contribution in [0.2, 0.25) is 0 Å². The van der Waals surface area contributed by atoms with E-state index in [9.17, 15) is 9.59 Å². The van der Waals surface area contributed by atoms with Gasteiger partial charge < -0.3 is 10.3 Å². The topological polar surface area (TPSA) is 65.2 Å². The number of nitrogens with one attached hydrogen (secondary N) is 2. The summed E-state index contributed by atoms with van der Waals surface area (Å²) >= 11 is 0. The third-order valence-electron chi connectivity index (χ3n) is 4.40. The Hall–Kier alpha value is -3.08. The molecule has 0 saturated carbocycles. The minimum atomic E-state index is -0.537. The van der Waals surface area contributed by atoms with Gasteiger partial charge in [0, 0.05) is 17.4 Å². The third kappa shape index (κ3) is 2.34. The molecular weight excluding hydrogens is 302 g/mol. The number of imide groups is 1. The van der Waals surface area contributed by atoms with Crippen molar-refractivity contribution in [1.29, 1.82) is 0 Å². The second kappa shape index (κ2) is 5.53. The lowest BCUT2D eigenvalue weighted by Crippen LogP contribution is -2.35. The van der Waals surface area contributed by atoms with Crippen molar-refractivity contribution in [2.75, 3.05) is 10.2 Å². The molecule has 1 saturated heterocycles. The Morgan fingerprint density at radius 3 is 2.79 bits per heavy atom. The maximum atomic E-state index is 12.7. The quantitative estimate of drug-likeness (QED) is 0.729. The largest absolute Gasteiger partial charge is 0.373 e. The summed E-state index contributed by atoms with van der Waals surface area (Å²) in [7, 11) is 0. The van der Waals surface area contributed by atoms with Crippen LogP contribution < -0.4 is 10.2 Å². The number of fused-ring (bicyclic) bond motifs is 1. The average Bonchev–Trinajstić information content (AvgIpc) is 3.13. The smallest absolute Gasteiger partial charge is 0.256 e. The van der Waals surface area contributed by atoms with Crippen LogP contribution in [0.3, 0.4) is 0 Å². The zero-order valence-electron chi connectivity index (χ0n) is 13.2. The Labute approximate surface area is 139 Å². The number of H-pyrrole nitrogens is 1. The molecule has 0 aliphatic carbocycles. The number of aryl methyl sites for hydroxylation is 1. The van der Waals surface area contributed by atoms with Gasteiger partial charge >= 0.3 is 0 Å². The highest BCUT2D eigenvalue weighted by Gasteiger charge is 2.40. The number of carbonyl (C=O) groups is 2. The van der Waals surface area contributed by atoms with Gasteiger partial charge in [0.05, 0.1) is 12.1 Å². The normalized spacial score (nSPS) is 17.7. The van der Waals surface area contributed by atoms with Crippen LogP contribution in [0.5, 0.6) is 0 Å². The number of hydrogen-bond acceptors (Lipinski definition) is 3. The first-order valence-corrected chi connectivity index (χ1v) is 7.89. The second-order valence-electron chi connectivity index (χ2n) is 6.03. The minimum absolute atomic E-state index is 0.163. The van der Waals surface area contributed by atoms with E-state index >= 15 is 0 Å². The molecule has 1 atom stereocenters. The number of aromatic nitrogens is 1. The predicted octanol–water partition coefficient (Wildman–Crippen LogP) is 3.22. The summed E-state index contributed by atoms with van der Waals surface area (Å²) in [5.74, 6) is -0.381. The van der Waals surface area contributed by atoms with Gasteiger partial charge in [0.15, 0.2) is 0 Å². The van der Waals surface area contributed by atoms with Crippen molar-refractivity contribution in [2.24, 2.45) is 0 Å². The highest BCUT2D eigenvalue weighted by Crippen LogP contribution is 2.28. The molecule has 120 valence electrons. The highest BCUT2D eigenvalue weighted by molar-refractivity contribution is 6.23. The fourth-order valence-corrected chi connectivity index (χ4v) is 3.15. The van der Waals surface area contributed by atoms with E-state index in [4.69, 9.17) is 0 Å². The van der Waals surface area contributed by atoms with Gasteiger partial charge in [0.25, 0.3) is 5.91 Å². The number of carbonyl (C=O) groups excluding carboxylic acids is 2.